The molecule has 0 unspecified atom stereocenters. The van der Waals surface area contributed by atoms with Gasteiger partial charge in [0.05, 0.1) is 12.3 Å². The molecule has 3 nitrogen and oxygen atoms in total. The molecule has 25 heavy (non-hydrogen) atoms. The highest BCUT2D eigenvalue weighted by Gasteiger charge is 2.14. The van der Waals surface area contributed by atoms with Gasteiger partial charge in [-0.3, -0.25) is 4.98 Å². The summed E-state index contributed by atoms with van der Waals surface area (Å²) in [6.07, 6.45) is 1.78. The molecule has 0 aliphatic rings. The number of rotatable bonds is 1. The summed E-state index contributed by atoms with van der Waals surface area (Å²) >= 11 is 0. The second-order valence-corrected chi connectivity index (χ2v) is 5.96. The maximum atomic E-state index is 7.20. The van der Waals surface area contributed by atoms with Gasteiger partial charge in [0.2, 0.25) is 0 Å². The lowest BCUT2D eigenvalue weighted by atomic mass is 10.0. The monoisotopic (exact) mass is 320 g/mol. The molecular formula is C22H12N2O. The van der Waals surface area contributed by atoms with Crippen LogP contribution in [0, 0.1) is 6.57 Å². The topological polar surface area (TPSA) is 30.4 Å². The molecule has 3 aromatic carbocycles. The van der Waals surface area contributed by atoms with Crippen LogP contribution in [0.15, 0.2) is 77.3 Å². The van der Waals surface area contributed by atoms with Crippen molar-refractivity contribution in [3.63, 3.8) is 0 Å². The first-order chi connectivity index (χ1) is 12.3. The third kappa shape index (κ3) is 2.02. The number of hydrogen-bond acceptors (Lipinski definition) is 2. The van der Waals surface area contributed by atoms with E-state index in [1.807, 2.05) is 54.6 Å². The van der Waals surface area contributed by atoms with Gasteiger partial charge in [0.15, 0.2) is 5.69 Å². The number of pyridine rings is 1. The smallest absolute Gasteiger partial charge is 0.187 e. The van der Waals surface area contributed by atoms with Crippen LogP contribution in [0.5, 0.6) is 0 Å². The van der Waals surface area contributed by atoms with E-state index in [1.165, 1.54) is 0 Å². The zero-order valence-electron chi connectivity index (χ0n) is 13.2. The molecule has 3 heteroatoms. The summed E-state index contributed by atoms with van der Waals surface area (Å²) in [6, 6.07) is 21.8. The normalized spacial score (nSPS) is 11.2. The summed E-state index contributed by atoms with van der Waals surface area (Å²) in [5.74, 6) is 0. The van der Waals surface area contributed by atoms with Crippen molar-refractivity contribution in [2.45, 2.75) is 0 Å². The molecular weight excluding hydrogens is 308 g/mol. The number of hydrogen-bond donors (Lipinski definition) is 0. The summed E-state index contributed by atoms with van der Waals surface area (Å²) in [6.45, 7) is 7.20. The van der Waals surface area contributed by atoms with Gasteiger partial charge in [0, 0.05) is 27.9 Å². The first kappa shape index (κ1) is 13.8. The Morgan fingerprint density at radius 3 is 2.64 bits per heavy atom. The van der Waals surface area contributed by atoms with Crippen LogP contribution in [-0.4, -0.2) is 4.98 Å². The molecule has 0 atom stereocenters. The fraction of sp³-hybridized carbons (Fsp3) is 0. The van der Waals surface area contributed by atoms with E-state index < -0.39 is 0 Å². The fourth-order valence-corrected chi connectivity index (χ4v) is 3.38. The first-order valence-corrected chi connectivity index (χ1v) is 8.02. The van der Waals surface area contributed by atoms with E-state index in [1.54, 1.807) is 6.20 Å². The van der Waals surface area contributed by atoms with E-state index in [0.29, 0.717) is 5.69 Å². The maximum Gasteiger partial charge on any atom is 0.187 e. The Hall–Kier alpha value is -3.64. The number of nitrogens with zero attached hydrogens (tertiary/aromatic N) is 2. The lowest BCUT2D eigenvalue weighted by Crippen LogP contribution is -1.86. The highest BCUT2D eigenvalue weighted by molar-refractivity contribution is 6.11. The number of fused-ring (bicyclic) bond motifs is 4. The molecule has 0 amide bonds. The van der Waals surface area contributed by atoms with Crippen LogP contribution in [-0.2, 0) is 0 Å². The molecule has 0 fully saturated rings. The maximum absolute atomic E-state index is 7.20. The molecule has 0 radical (unpaired) electrons. The molecule has 0 aliphatic heterocycles. The minimum Gasteiger partial charge on any atom is -0.455 e. The largest absolute Gasteiger partial charge is 0.455 e. The van der Waals surface area contributed by atoms with Crippen molar-refractivity contribution < 1.29 is 4.42 Å². The average Bonchev–Trinajstić information content (AvgIpc) is 3.06. The van der Waals surface area contributed by atoms with Crippen molar-refractivity contribution in [2.75, 3.05) is 0 Å². The third-order valence-electron chi connectivity index (χ3n) is 4.54. The van der Waals surface area contributed by atoms with E-state index in [9.17, 15) is 0 Å². The molecule has 0 bridgehead atoms. The van der Waals surface area contributed by atoms with Crippen LogP contribution in [0.4, 0.5) is 5.69 Å². The van der Waals surface area contributed by atoms with Crippen molar-refractivity contribution in [1.82, 2.24) is 4.98 Å². The van der Waals surface area contributed by atoms with Crippen LogP contribution in [0.3, 0.4) is 0 Å². The van der Waals surface area contributed by atoms with Gasteiger partial charge in [-0.05, 0) is 29.7 Å². The second kappa shape index (κ2) is 5.19. The van der Waals surface area contributed by atoms with Gasteiger partial charge in [-0.15, -0.1) is 0 Å². The highest BCUT2D eigenvalue weighted by Crippen LogP contribution is 2.37. The van der Waals surface area contributed by atoms with E-state index >= 15 is 0 Å². The van der Waals surface area contributed by atoms with Crippen LogP contribution < -0.4 is 0 Å². The Bertz CT molecular complexity index is 1310. The van der Waals surface area contributed by atoms with Gasteiger partial charge in [-0.2, -0.15) is 0 Å². The highest BCUT2D eigenvalue weighted by atomic mass is 16.3. The summed E-state index contributed by atoms with van der Waals surface area (Å²) in [5, 5.41) is 4.22. The van der Waals surface area contributed by atoms with Gasteiger partial charge < -0.3 is 4.42 Å². The van der Waals surface area contributed by atoms with Crippen LogP contribution in [0.25, 0.3) is 48.8 Å². The standard InChI is InChI=1S/C22H12N2O/c1-23-15-9-10-16-14(13-15)11-12-24-21(16)19-7-4-6-18-17-5-2-3-8-20(17)25-22(18)19/h2-13H. The van der Waals surface area contributed by atoms with Crippen molar-refractivity contribution in [2.24, 2.45) is 0 Å². The van der Waals surface area contributed by atoms with Crippen molar-refractivity contribution in [3.8, 4) is 11.3 Å². The first-order valence-electron chi connectivity index (χ1n) is 8.02. The van der Waals surface area contributed by atoms with Crippen molar-refractivity contribution in [3.05, 3.63) is 84.3 Å². The molecule has 116 valence electrons. The molecule has 5 rings (SSSR count). The molecule has 0 saturated heterocycles. The van der Waals surface area contributed by atoms with Crippen molar-refractivity contribution in [1.29, 1.82) is 0 Å². The van der Waals surface area contributed by atoms with E-state index in [4.69, 9.17) is 11.0 Å². The molecule has 0 aliphatic carbocycles. The molecule has 0 N–H and O–H groups in total. The third-order valence-corrected chi connectivity index (χ3v) is 4.54. The van der Waals surface area contributed by atoms with Crippen molar-refractivity contribution >= 4 is 38.4 Å². The minimum atomic E-state index is 0.631. The summed E-state index contributed by atoms with van der Waals surface area (Å²) in [4.78, 5) is 8.13. The lowest BCUT2D eigenvalue weighted by molar-refractivity contribution is 0.670. The van der Waals surface area contributed by atoms with Crippen LogP contribution in [0.2, 0.25) is 0 Å². The zero-order valence-corrected chi connectivity index (χ0v) is 13.2. The van der Waals surface area contributed by atoms with Gasteiger partial charge in [-0.25, -0.2) is 4.85 Å². The summed E-state index contributed by atoms with van der Waals surface area (Å²) in [7, 11) is 0. The van der Waals surface area contributed by atoms with E-state index in [2.05, 4.69) is 22.0 Å². The number of aromatic nitrogens is 1. The Balaban J connectivity index is 1.87. The Kier molecular flexibility index (Phi) is 2.86. The van der Waals surface area contributed by atoms with Gasteiger partial charge in [0.1, 0.15) is 11.2 Å². The lowest BCUT2D eigenvalue weighted by Gasteiger charge is -2.07. The van der Waals surface area contributed by atoms with Gasteiger partial charge in [-0.1, -0.05) is 42.5 Å². The molecule has 0 saturated carbocycles. The number of furan rings is 1. The Morgan fingerprint density at radius 1 is 0.840 bits per heavy atom. The summed E-state index contributed by atoms with van der Waals surface area (Å²) < 4.78 is 6.14. The van der Waals surface area contributed by atoms with E-state index in [0.717, 1.165) is 44.0 Å². The predicted molar refractivity (Wildman–Crippen MR) is 101 cm³/mol. The molecule has 2 heterocycles. The van der Waals surface area contributed by atoms with Gasteiger partial charge >= 0.3 is 0 Å². The quantitative estimate of drug-likeness (QED) is 0.337. The molecule has 0 spiro atoms. The molecule has 2 aromatic heterocycles. The average molecular weight is 320 g/mol. The fourth-order valence-electron chi connectivity index (χ4n) is 3.38. The van der Waals surface area contributed by atoms with Gasteiger partial charge in [0.25, 0.3) is 0 Å². The second-order valence-electron chi connectivity index (χ2n) is 5.96. The van der Waals surface area contributed by atoms with E-state index in [-0.39, 0.29) is 0 Å². The molecule has 5 aromatic rings. The zero-order chi connectivity index (χ0) is 16.8. The number of benzene rings is 3. The van der Waals surface area contributed by atoms with Crippen LogP contribution >= 0.6 is 0 Å². The SMILES string of the molecule is [C-]#[N+]c1ccc2c(-c3cccc4c3oc3ccccc34)nccc2c1. The number of para-hydroxylation sites is 2. The Morgan fingerprint density at radius 2 is 1.72 bits per heavy atom. The Labute approximate surface area is 144 Å². The predicted octanol–water partition coefficient (Wildman–Crippen LogP) is 6.35. The minimum absolute atomic E-state index is 0.631. The van der Waals surface area contributed by atoms with Crippen LogP contribution in [0.1, 0.15) is 0 Å². The summed E-state index contributed by atoms with van der Waals surface area (Å²) in [5.41, 5.74) is 4.19.